The maximum atomic E-state index is 12.0. The van der Waals surface area contributed by atoms with Crippen molar-refractivity contribution in [2.75, 3.05) is 11.9 Å². The van der Waals surface area contributed by atoms with E-state index in [9.17, 15) is 13.2 Å². The van der Waals surface area contributed by atoms with Crippen LogP contribution in [0.2, 0.25) is 0 Å². The number of fused-ring (bicyclic) bond motifs is 1. The summed E-state index contributed by atoms with van der Waals surface area (Å²) in [5.41, 5.74) is 2.65. The maximum Gasteiger partial charge on any atom is 0.233 e. The quantitative estimate of drug-likeness (QED) is 0.651. The van der Waals surface area contributed by atoms with Gasteiger partial charge in [-0.05, 0) is 29.8 Å². The number of aromatic nitrogens is 1. The standard InChI is InChI=1S/C19H19N3O4S/c1-14-21-17-13-16(7-8-18(17)26-14)22-19(23)9-11-20-27(24,25)12-10-15-5-3-2-4-6-15/h2-8,10,12-13,20H,9,11H2,1H3,(H,22,23)/b12-10+. The SMILES string of the molecule is Cc1nc2cc(NC(=O)CCNS(=O)(=O)/C=C/c3ccccc3)ccc2o1. The summed E-state index contributed by atoms with van der Waals surface area (Å²) in [7, 11) is -3.61. The minimum Gasteiger partial charge on any atom is -0.441 e. The molecule has 7 nitrogen and oxygen atoms in total. The molecule has 8 heteroatoms. The van der Waals surface area contributed by atoms with Gasteiger partial charge < -0.3 is 9.73 Å². The number of nitrogens with zero attached hydrogens (tertiary/aromatic N) is 1. The van der Waals surface area contributed by atoms with Crippen molar-refractivity contribution in [1.29, 1.82) is 0 Å². The van der Waals surface area contributed by atoms with Crippen LogP contribution < -0.4 is 10.0 Å². The first-order chi connectivity index (χ1) is 12.9. The minimum atomic E-state index is -3.61. The molecule has 0 spiro atoms. The maximum absolute atomic E-state index is 12.0. The number of oxazole rings is 1. The van der Waals surface area contributed by atoms with E-state index in [2.05, 4.69) is 15.0 Å². The van der Waals surface area contributed by atoms with E-state index in [0.717, 1.165) is 11.0 Å². The van der Waals surface area contributed by atoms with Gasteiger partial charge in [0.15, 0.2) is 11.5 Å². The number of aryl methyl sites for hydroxylation is 1. The Morgan fingerprint density at radius 2 is 1.96 bits per heavy atom. The molecule has 2 aromatic carbocycles. The third-order valence-corrected chi connectivity index (χ3v) is 4.77. The van der Waals surface area contributed by atoms with Gasteiger partial charge in [-0.2, -0.15) is 0 Å². The number of hydrogen-bond acceptors (Lipinski definition) is 5. The van der Waals surface area contributed by atoms with Crippen LogP contribution in [-0.2, 0) is 14.8 Å². The van der Waals surface area contributed by atoms with Crippen molar-refractivity contribution in [2.45, 2.75) is 13.3 Å². The Hall–Kier alpha value is -2.97. The molecule has 0 aliphatic carbocycles. The highest BCUT2D eigenvalue weighted by Gasteiger charge is 2.09. The average Bonchev–Trinajstić information content (AvgIpc) is 3.00. The van der Waals surface area contributed by atoms with Gasteiger partial charge in [-0.25, -0.2) is 18.1 Å². The van der Waals surface area contributed by atoms with Gasteiger partial charge in [-0.15, -0.1) is 0 Å². The van der Waals surface area contributed by atoms with E-state index in [-0.39, 0.29) is 18.9 Å². The van der Waals surface area contributed by atoms with E-state index in [1.54, 1.807) is 37.3 Å². The molecule has 0 radical (unpaired) electrons. The summed E-state index contributed by atoms with van der Waals surface area (Å²) in [6.07, 6.45) is 1.51. The summed E-state index contributed by atoms with van der Waals surface area (Å²) in [5.74, 6) is 0.246. The first kappa shape index (κ1) is 18.8. The third kappa shape index (κ3) is 5.50. The Kier molecular flexibility index (Phi) is 5.68. The number of rotatable bonds is 7. The molecule has 1 amide bonds. The number of carbonyl (C=O) groups is 1. The summed E-state index contributed by atoms with van der Waals surface area (Å²) >= 11 is 0. The molecule has 0 saturated heterocycles. The molecule has 0 aliphatic heterocycles. The van der Waals surface area contributed by atoms with E-state index >= 15 is 0 Å². The third-order valence-electron chi connectivity index (χ3n) is 3.67. The number of anilines is 1. The predicted molar refractivity (Wildman–Crippen MR) is 104 cm³/mol. The van der Waals surface area contributed by atoms with Gasteiger partial charge in [0.1, 0.15) is 5.52 Å². The molecule has 1 heterocycles. The second-order valence-electron chi connectivity index (χ2n) is 5.87. The highest BCUT2D eigenvalue weighted by atomic mass is 32.2. The molecule has 1 aromatic heterocycles. The van der Waals surface area contributed by atoms with E-state index in [1.807, 2.05) is 18.2 Å². The lowest BCUT2D eigenvalue weighted by Crippen LogP contribution is -2.26. The van der Waals surface area contributed by atoms with Crippen molar-refractivity contribution in [1.82, 2.24) is 9.71 Å². The molecule has 2 N–H and O–H groups in total. The fraction of sp³-hybridized carbons (Fsp3) is 0.158. The molecular formula is C19H19N3O4S. The smallest absolute Gasteiger partial charge is 0.233 e. The van der Waals surface area contributed by atoms with Crippen LogP contribution in [0.4, 0.5) is 5.69 Å². The molecule has 0 saturated carbocycles. The second-order valence-corrected chi connectivity index (χ2v) is 7.52. The Labute approximate surface area is 157 Å². The Morgan fingerprint density at radius 3 is 2.74 bits per heavy atom. The lowest BCUT2D eigenvalue weighted by Gasteiger charge is -2.05. The Morgan fingerprint density at radius 1 is 1.19 bits per heavy atom. The number of nitrogens with one attached hydrogen (secondary N) is 2. The van der Waals surface area contributed by atoms with Gasteiger partial charge >= 0.3 is 0 Å². The first-order valence-electron chi connectivity index (χ1n) is 8.31. The van der Waals surface area contributed by atoms with Crippen molar-refractivity contribution in [3.05, 3.63) is 65.4 Å². The monoisotopic (exact) mass is 385 g/mol. The van der Waals surface area contributed by atoms with Crippen molar-refractivity contribution in [2.24, 2.45) is 0 Å². The van der Waals surface area contributed by atoms with E-state index in [0.29, 0.717) is 22.7 Å². The molecule has 0 fully saturated rings. The molecule has 3 rings (SSSR count). The summed E-state index contributed by atoms with van der Waals surface area (Å²) in [6.45, 7) is 1.75. The topological polar surface area (TPSA) is 101 Å². The van der Waals surface area contributed by atoms with Crippen molar-refractivity contribution < 1.29 is 17.6 Å². The van der Waals surface area contributed by atoms with Crippen molar-refractivity contribution in [3.63, 3.8) is 0 Å². The predicted octanol–water partition coefficient (Wildman–Crippen LogP) is 3.06. The zero-order valence-electron chi connectivity index (χ0n) is 14.7. The Bertz CT molecular complexity index is 1070. The van der Waals surface area contributed by atoms with Crippen LogP contribution in [0.15, 0.2) is 58.4 Å². The van der Waals surface area contributed by atoms with E-state index in [1.165, 1.54) is 6.08 Å². The van der Waals surface area contributed by atoms with Crippen LogP contribution in [0.3, 0.4) is 0 Å². The lowest BCUT2D eigenvalue weighted by molar-refractivity contribution is -0.116. The summed E-state index contributed by atoms with van der Waals surface area (Å²) in [5, 5.41) is 3.80. The largest absolute Gasteiger partial charge is 0.441 e. The van der Waals surface area contributed by atoms with Crippen molar-refractivity contribution >= 4 is 38.8 Å². The fourth-order valence-corrected chi connectivity index (χ4v) is 3.25. The van der Waals surface area contributed by atoms with Gasteiger partial charge in [0.05, 0.1) is 0 Å². The van der Waals surface area contributed by atoms with Gasteiger partial charge in [0, 0.05) is 31.0 Å². The number of hydrogen-bond donors (Lipinski definition) is 2. The highest BCUT2D eigenvalue weighted by Crippen LogP contribution is 2.19. The first-order valence-corrected chi connectivity index (χ1v) is 9.86. The lowest BCUT2D eigenvalue weighted by atomic mass is 10.2. The summed E-state index contributed by atoms with van der Waals surface area (Å²) < 4.78 is 31.6. The number of carbonyl (C=O) groups excluding carboxylic acids is 1. The van der Waals surface area contributed by atoms with Crippen molar-refractivity contribution in [3.8, 4) is 0 Å². The van der Waals surface area contributed by atoms with Gasteiger partial charge in [0.25, 0.3) is 0 Å². The van der Waals surface area contributed by atoms with E-state index < -0.39 is 10.0 Å². The molecular weight excluding hydrogens is 366 g/mol. The van der Waals surface area contributed by atoms with Crippen LogP contribution in [-0.4, -0.2) is 25.9 Å². The van der Waals surface area contributed by atoms with Crippen LogP contribution in [0.1, 0.15) is 17.9 Å². The van der Waals surface area contributed by atoms with E-state index in [4.69, 9.17) is 4.42 Å². The second kappa shape index (κ2) is 8.15. The van der Waals surface area contributed by atoms with Gasteiger partial charge in [0.2, 0.25) is 15.9 Å². The minimum absolute atomic E-state index is 0.00138. The average molecular weight is 385 g/mol. The van der Waals surface area contributed by atoms with Gasteiger partial charge in [-0.3, -0.25) is 4.79 Å². The molecule has 0 aliphatic rings. The molecule has 27 heavy (non-hydrogen) atoms. The summed E-state index contributed by atoms with van der Waals surface area (Å²) in [6, 6.07) is 14.2. The number of sulfonamides is 1. The highest BCUT2D eigenvalue weighted by molar-refractivity contribution is 7.92. The van der Waals surface area contributed by atoms with Crippen LogP contribution in [0, 0.1) is 6.92 Å². The molecule has 140 valence electrons. The van der Waals surface area contributed by atoms with Crippen LogP contribution in [0.25, 0.3) is 17.2 Å². The molecule has 0 bridgehead atoms. The number of amides is 1. The summed E-state index contributed by atoms with van der Waals surface area (Å²) in [4.78, 5) is 16.2. The van der Waals surface area contributed by atoms with Crippen LogP contribution in [0.5, 0.6) is 0 Å². The normalized spacial score (nSPS) is 11.9. The molecule has 0 unspecified atom stereocenters. The Balaban J connectivity index is 1.50. The molecule has 0 atom stereocenters. The fourth-order valence-electron chi connectivity index (χ4n) is 2.43. The van der Waals surface area contributed by atoms with Gasteiger partial charge in [-0.1, -0.05) is 30.3 Å². The zero-order valence-corrected chi connectivity index (χ0v) is 15.5. The number of benzene rings is 2. The zero-order chi connectivity index (χ0) is 19.3. The van der Waals surface area contributed by atoms with Crippen LogP contribution >= 0.6 is 0 Å². The molecule has 3 aromatic rings.